The quantitative estimate of drug-likeness (QED) is 0.646. The molecule has 0 spiro atoms. The molecule has 0 saturated heterocycles. The Morgan fingerprint density at radius 2 is 1.75 bits per heavy atom. The van der Waals surface area contributed by atoms with Crippen LogP contribution >= 0.6 is 23.2 Å². The van der Waals surface area contributed by atoms with Crippen LogP contribution in [0.25, 0.3) is 10.8 Å². The summed E-state index contributed by atoms with van der Waals surface area (Å²) < 4.78 is 41.8. The summed E-state index contributed by atoms with van der Waals surface area (Å²) >= 11 is 12.0. The summed E-state index contributed by atoms with van der Waals surface area (Å²) in [4.78, 5) is 0. The van der Waals surface area contributed by atoms with Crippen LogP contribution in [0.15, 0.2) is 42.6 Å². The first kappa shape index (κ1) is 16.8. The van der Waals surface area contributed by atoms with Gasteiger partial charge in [-0.25, -0.2) is 0 Å². The molecule has 0 aliphatic rings. The summed E-state index contributed by atoms with van der Waals surface area (Å²) in [5.41, 5.74) is 0.683. The van der Waals surface area contributed by atoms with Gasteiger partial charge >= 0.3 is 6.36 Å². The normalized spacial score (nSPS) is 11.9. The zero-order valence-electron chi connectivity index (χ0n) is 11.9. The van der Waals surface area contributed by atoms with E-state index in [9.17, 15) is 18.3 Å². The Morgan fingerprint density at radius 1 is 1.08 bits per heavy atom. The standard InChI is InChI=1S/C16H10Cl2F3NO2/c17-11-5-10-8-22(15(23)14(10)13(18)6-11)7-9-1-3-12(4-2-9)24-16(19,20)21/h1-6,8,23H,7H2. The molecule has 3 nitrogen and oxygen atoms in total. The van der Waals surface area contributed by atoms with E-state index in [1.807, 2.05) is 0 Å². The Morgan fingerprint density at radius 3 is 2.38 bits per heavy atom. The molecule has 1 heterocycles. The number of rotatable bonds is 3. The molecule has 3 rings (SSSR count). The summed E-state index contributed by atoms with van der Waals surface area (Å²) in [5.74, 6) is -0.342. The van der Waals surface area contributed by atoms with Crippen LogP contribution < -0.4 is 4.74 Å². The van der Waals surface area contributed by atoms with Gasteiger partial charge in [-0.3, -0.25) is 0 Å². The van der Waals surface area contributed by atoms with E-state index in [0.29, 0.717) is 26.4 Å². The van der Waals surface area contributed by atoms with Gasteiger partial charge in [0.1, 0.15) is 5.75 Å². The Kier molecular flexibility index (Phi) is 4.27. The zero-order valence-corrected chi connectivity index (χ0v) is 13.5. The average Bonchev–Trinajstić information content (AvgIpc) is 2.76. The van der Waals surface area contributed by atoms with E-state index in [1.165, 1.54) is 34.9 Å². The average molecular weight is 376 g/mol. The molecule has 2 aromatic carbocycles. The highest BCUT2D eigenvalue weighted by atomic mass is 35.5. The van der Waals surface area contributed by atoms with Crippen molar-refractivity contribution in [3.05, 3.63) is 58.2 Å². The first-order valence-corrected chi connectivity index (χ1v) is 7.50. The lowest BCUT2D eigenvalue weighted by Gasteiger charge is -2.10. The minimum Gasteiger partial charge on any atom is -0.494 e. The number of fused-ring (bicyclic) bond motifs is 1. The van der Waals surface area contributed by atoms with Crippen LogP contribution in [0.5, 0.6) is 11.6 Å². The maximum absolute atomic E-state index is 12.1. The van der Waals surface area contributed by atoms with E-state index in [4.69, 9.17) is 23.2 Å². The minimum atomic E-state index is -4.73. The van der Waals surface area contributed by atoms with Crippen LogP contribution in [0.4, 0.5) is 13.2 Å². The molecule has 0 unspecified atom stereocenters. The zero-order chi connectivity index (χ0) is 17.5. The third-order valence-corrected chi connectivity index (χ3v) is 3.90. The Balaban J connectivity index is 1.87. The second kappa shape index (κ2) is 6.11. The second-order valence-electron chi connectivity index (χ2n) is 5.12. The SMILES string of the molecule is Oc1c2c(Cl)cc(Cl)cc2cn1Cc1ccc(OC(F)(F)F)cc1. The predicted octanol–water partition coefficient (Wildman–Crippen LogP) is 5.60. The van der Waals surface area contributed by atoms with Crippen molar-refractivity contribution in [2.75, 3.05) is 0 Å². The molecule has 8 heteroatoms. The molecule has 0 aliphatic heterocycles. The summed E-state index contributed by atoms with van der Waals surface area (Å²) in [6.07, 6.45) is -3.06. The highest BCUT2D eigenvalue weighted by Gasteiger charge is 2.30. The van der Waals surface area contributed by atoms with Crippen LogP contribution in [0.3, 0.4) is 0 Å². The maximum atomic E-state index is 12.1. The predicted molar refractivity (Wildman–Crippen MR) is 85.8 cm³/mol. The van der Waals surface area contributed by atoms with Crippen LogP contribution in [-0.2, 0) is 6.54 Å². The van der Waals surface area contributed by atoms with Crippen LogP contribution in [-0.4, -0.2) is 16.0 Å². The van der Waals surface area contributed by atoms with Gasteiger partial charge in [-0.15, -0.1) is 13.2 Å². The topological polar surface area (TPSA) is 34.4 Å². The van der Waals surface area contributed by atoms with Gasteiger partial charge in [-0.05, 0) is 29.8 Å². The van der Waals surface area contributed by atoms with E-state index >= 15 is 0 Å². The molecular formula is C16H10Cl2F3NO2. The number of hydrogen-bond acceptors (Lipinski definition) is 2. The molecular weight excluding hydrogens is 366 g/mol. The molecule has 0 bridgehead atoms. The monoisotopic (exact) mass is 375 g/mol. The first-order valence-electron chi connectivity index (χ1n) is 6.74. The summed E-state index contributed by atoms with van der Waals surface area (Å²) in [7, 11) is 0. The number of alkyl halides is 3. The Hall–Kier alpha value is -2.05. The van der Waals surface area contributed by atoms with Crippen molar-refractivity contribution in [3.63, 3.8) is 0 Å². The van der Waals surface area contributed by atoms with Gasteiger partial charge < -0.3 is 14.4 Å². The second-order valence-corrected chi connectivity index (χ2v) is 5.97. The van der Waals surface area contributed by atoms with Gasteiger partial charge in [0.25, 0.3) is 0 Å². The lowest BCUT2D eigenvalue weighted by atomic mass is 10.2. The van der Waals surface area contributed by atoms with Crippen LogP contribution in [0, 0.1) is 0 Å². The van der Waals surface area contributed by atoms with Crippen molar-refractivity contribution >= 4 is 34.0 Å². The summed E-state index contributed by atoms with van der Waals surface area (Å²) in [5, 5.41) is 12.2. The Labute approximate surface area is 144 Å². The van der Waals surface area contributed by atoms with Crippen molar-refractivity contribution in [1.29, 1.82) is 0 Å². The third kappa shape index (κ3) is 3.55. The van der Waals surface area contributed by atoms with Gasteiger partial charge in [0.05, 0.1) is 17.0 Å². The lowest BCUT2D eigenvalue weighted by Crippen LogP contribution is -2.17. The minimum absolute atomic E-state index is 0.0396. The molecule has 24 heavy (non-hydrogen) atoms. The van der Waals surface area contributed by atoms with Gasteiger partial charge in [-0.1, -0.05) is 35.3 Å². The highest BCUT2D eigenvalue weighted by molar-refractivity contribution is 6.39. The molecule has 0 radical (unpaired) electrons. The molecule has 1 N–H and O–H groups in total. The molecule has 0 atom stereocenters. The van der Waals surface area contributed by atoms with Crippen molar-refractivity contribution in [2.24, 2.45) is 0 Å². The fraction of sp³-hybridized carbons (Fsp3) is 0.125. The fourth-order valence-corrected chi connectivity index (χ4v) is 3.01. The number of hydrogen-bond donors (Lipinski definition) is 1. The van der Waals surface area contributed by atoms with Crippen molar-refractivity contribution in [3.8, 4) is 11.6 Å². The molecule has 0 saturated carbocycles. The van der Waals surface area contributed by atoms with E-state index in [2.05, 4.69) is 4.74 Å². The van der Waals surface area contributed by atoms with E-state index < -0.39 is 6.36 Å². The molecule has 1 aromatic heterocycles. The van der Waals surface area contributed by atoms with Crippen molar-refractivity contribution in [2.45, 2.75) is 12.9 Å². The smallest absolute Gasteiger partial charge is 0.494 e. The Bertz CT molecular complexity index is 889. The first-order chi connectivity index (χ1) is 11.2. The number of nitrogens with zero attached hydrogens (tertiary/aromatic N) is 1. The van der Waals surface area contributed by atoms with Gasteiger partial charge in [0.2, 0.25) is 5.88 Å². The van der Waals surface area contributed by atoms with Gasteiger partial charge in [0, 0.05) is 16.6 Å². The van der Waals surface area contributed by atoms with Crippen molar-refractivity contribution < 1.29 is 23.0 Å². The highest BCUT2D eigenvalue weighted by Crippen LogP contribution is 2.36. The van der Waals surface area contributed by atoms with E-state index in [0.717, 1.165) is 0 Å². The van der Waals surface area contributed by atoms with Crippen LogP contribution in [0.2, 0.25) is 10.0 Å². The summed E-state index contributed by atoms with van der Waals surface area (Å²) in [6, 6.07) is 8.59. The number of benzene rings is 2. The maximum Gasteiger partial charge on any atom is 0.573 e. The summed E-state index contributed by atoms with van der Waals surface area (Å²) in [6.45, 7) is 0.251. The molecule has 126 valence electrons. The van der Waals surface area contributed by atoms with Gasteiger partial charge in [0.15, 0.2) is 0 Å². The molecule has 0 amide bonds. The van der Waals surface area contributed by atoms with E-state index in [-0.39, 0.29) is 18.2 Å². The van der Waals surface area contributed by atoms with Crippen LogP contribution in [0.1, 0.15) is 5.56 Å². The number of halogens is 5. The number of aromatic nitrogens is 1. The van der Waals surface area contributed by atoms with E-state index in [1.54, 1.807) is 12.3 Å². The number of ether oxygens (including phenoxy) is 1. The number of aromatic hydroxyl groups is 1. The third-order valence-electron chi connectivity index (χ3n) is 3.39. The molecule has 3 aromatic rings. The lowest BCUT2D eigenvalue weighted by molar-refractivity contribution is -0.274. The van der Waals surface area contributed by atoms with Gasteiger partial charge in [-0.2, -0.15) is 0 Å². The largest absolute Gasteiger partial charge is 0.573 e. The molecule has 0 fully saturated rings. The molecule has 0 aliphatic carbocycles. The van der Waals surface area contributed by atoms with Crippen molar-refractivity contribution in [1.82, 2.24) is 4.57 Å². The fourth-order valence-electron chi connectivity index (χ4n) is 2.42.